The molecule has 0 amide bonds. The maximum absolute atomic E-state index is 5.74. The smallest absolute Gasteiger partial charge is 0.147 e. The van der Waals surface area contributed by atoms with Crippen LogP contribution in [0.5, 0.6) is 0 Å². The first-order chi connectivity index (χ1) is 9.34. The second kappa shape index (κ2) is 5.84. The molecule has 1 fully saturated rings. The monoisotopic (exact) mass is 277 g/mol. The van der Waals surface area contributed by atoms with E-state index in [0.717, 1.165) is 35.6 Å². The van der Waals surface area contributed by atoms with Crippen LogP contribution >= 0.6 is 11.3 Å². The predicted molar refractivity (Wildman–Crippen MR) is 78.8 cm³/mol. The number of aryl methyl sites for hydroxylation is 1. The van der Waals surface area contributed by atoms with Crippen molar-refractivity contribution in [1.29, 1.82) is 0 Å². The number of anilines is 1. The number of ether oxygens (including phenoxy) is 1. The fourth-order valence-corrected chi connectivity index (χ4v) is 3.45. The van der Waals surface area contributed by atoms with Gasteiger partial charge in [0.15, 0.2) is 0 Å². The molecule has 102 valence electrons. The van der Waals surface area contributed by atoms with Gasteiger partial charge in [0.2, 0.25) is 0 Å². The van der Waals surface area contributed by atoms with Gasteiger partial charge in [-0.05, 0) is 43.6 Å². The Morgan fingerprint density at radius 1 is 1.42 bits per heavy atom. The molecule has 3 rings (SSSR count). The molecule has 1 aliphatic heterocycles. The van der Waals surface area contributed by atoms with E-state index in [9.17, 15) is 0 Å². The molecule has 1 N–H and O–H groups in total. The van der Waals surface area contributed by atoms with Crippen molar-refractivity contribution in [2.45, 2.75) is 38.7 Å². The Bertz CT molecular complexity index is 549. The number of hydrogen-bond donors (Lipinski definition) is 1. The molecule has 1 aliphatic rings. The third-order valence-corrected chi connectivity index (χ3v) is 4.66. The zero-order valence-electron chi connectivity index (χ0n) is 11.2. The number of rotatable bonds is 4. The molecule has 2 aromatic rings. The molecular weight excluding hydrogens is 258 g/mol. The van der Waals surface area contributed by atoms with Crippen LogP contribution in [0.3, 0.4) is 0 Å². The van der Waals surface area contributed by atoms with Gasteiger partial charge in [-0.2, -0.15) is 0 Å². The Morgan fingerprint density at radius 3 is 3.21 bits per heavy atom. The topological polar surface area (TPSA) is 47.0 Å². The molecule has 1 atom stereocenters. The van der Waals surface area contributed by atoms with Crippen LogP contribution in [0.1, 0.15) is 31.2 Å². The van der Waals surface area contributed by atoms with Crippen molar-refractivity contribution >= 4 is 27.4 Å². The first-order valence-electron chi connectivity index (χ1n) is 6.89. The van der Waals surface area contributed by atoms with Crippen molar-refractivity contribution in [2.75, 3.05) is 18.5 Å². The molecule has 3 heterocycles. The maximum Gasteiger partial charge on any atom is 0.147 e. The fourth-order valence-electron chi connectivity index (χ4n) is 2.48. The first kappa shape index (κ1) is 12.8. The lowest BCUT2D eigenvalue weighted by Crippen LogP contribution is -2.22. The van der Waals surface area contributed by atoms with Crippen LogP contribution in [-0.4, -0.2) is 29.2 Å². The summed E-state index contributed by atoms with van der Waals surface area (Å²) in [5, 5.41) is 5.56. The quantitative estimate of drug-likeness (QED) is 0.930. The number of nitrogens with zero attached hydrogens (tertiary/aromatic N) is 2. The van der Waals surface area contributed by atoms with Gasteiger partial charge in [-0.1, -0.05) is 0 Å². The van der Waals surface area contributed by atoms with Gasteiger partial charge in [-0.25, -0.2) is 9.97 Å². The third kappa shape index (κ3) is 2.87. The zero-order valence-corrected chi connectivity index (χ0v) is 12.0. The Balaban J connectivity index is 1.62. The molecule has 5 heteroatoms. The minimum Gasteiger partial charge on any atom is -0.378 e. The van der Waals surface area contributed by atoms with E-state index >= 15 is 0 Å². The number of hydrogen-bond acceptors (Lipinski definition) is 5. The Morgan fingerprint density at radius 2 is 2.37 bits per heavy atom. The minimum absolute atomic E-state index is 0.420. The Hall–Kier alpha value is -1.20. The Labute approximate surface area is 117 Å². The summed E-state index contributed by atoms with van der Waals surface area (Å²) in [7, 11) is 0. The van der Waals surface area contributed by atoms with Gasteiger partial charge in [0.05, 0.1) is 16.3 Å². The van der Waals surface area contributed by atoms with Gasteiger partial charge >= 0.3 is 0 Å². The van der Waals surface area contributed by atoms with E-state index in [1.807, 2.05) is 0 Å². The van der Waals surface area contributed by atoms with Crippen molar-refractivity contribution in [3.8, 4) is 0 Å². The van der Waals surface area contributed by atoms with Crippen LogP contribution in [-0.2, 0) is 4.74 Å². The summed E-state index contributed by atoms with van der Waals surface area (Å²) < 4.78 is 6.89. The molecule has 0 radical (unpaired) electrons. The maximum atomic E-state index is 5.74. The highest BCUT2D eigenvalue weighted by Crippen LogP contribution is 2.28. The summed E-state index contributed by atoms with van der Waals surface area (Å²) >= 11 is 1.71. The van der Waals surface area contributed by atoms with Crippen molar-refractivity contribution in [1.82, 2.24) is 9.97 Å². The van der Waals surface area contributed by atoms with E-state index < -0.39 is 0 Å². The molecule has 0 spiro atoms. The average molecular weight is 277 g/mol. The predicted octanol–water partition coefficient (Wildman–Crippen LogP) is 3.37. The molecule has 0 bridgehead atoms. The van der Waals surface area contributed by atoms with Crippen LogP contribution in [0, 0.1) is 6.92 Å². The molecule has 4 nitrogen and oxygen atoms in total. The van der Waals surface area contributed by atoms with Crippen molar-refractivity contribution in [2.24, 2.45) is 0 Å². The molecule has 0 aromatic carbocycles. The van der Waals surface area contributed by atoms with E-state index in [4.69, 9.17) is 4.74 Å². The average Bonchev–Trinajstić information content (AvgIpc) is 2.83. The van der Waals surface area contributed by atoms with E-state index in [1.165, 1.54) is 24.8 Å². The summed E-state index contributed by atoms with van der Waals surface area (Å²) in [5.74, 6) is 0.957. The minimum atomic E-state index is 0.420. The standard InChI is InChI=1S/C14H19N3OS/c1-10-8-19-13-12(10)16-9-17-14(13)15-6-5-11-4-2-3-7-18-11/h8-9,11H,2-7H2,1H3,(H,15,16,17). The fraction of sp³-hybridized carbons (Fsp3) is 0.571. The lowest BCUT2D eigenvalue weighted by molar-refractivity contribution is 0.0134. The van der Waals surface area contributed by atoms with E-state index in [2.05, 4.69) is 27.6 Å². The number of fused-ring (bicyclic) bond motifs is 1. The van der Waals surface area contributed by atoms with Crippen LogP contribution in [0.2, 0.25) is 0 Å². The zero-order chi connectivity index (χ0) is 13.1. The second-order valence-electron chi connectivity index (χ2n) is 5.02. The largest absolute Gasteiger partial charge is 0.378 e. The number of thiophene rings is 1. The van der Waals surface area contributed by atoms with Gasteiger partial charge in [-0.3, -0.25) is 0 Å². The van der Waals surface area contributed by atoms with Gasteiger partial charge in [0, 0.05) is 13.2 Å². The molecule has 0 aliphatic carbocycles. The summed E-state index contributed by atoms with van der Waals surface area (Å²) in [6.45, 7) is 3.92. The second-order valence-corrected chi connectivity index (χ2v) is 5.90. The number of aromatic nitrogens is 2. The third-order valence-electron chi connectivity index (χ3n) is 3.56. The van der Waals surface area contributed by atoms with Gasteiger partial charge < -0.3 is 10.1 Å². The molecule has 0 saturated carbocycles. The Kier molecular flexibility index (Phi) is 3.94. The van der Waals surface area contributed by atoms with Crippen molar-refractivity contribution in [3.63, 3.8) is 0 Å². The molecule has 19 heavy (non-hydrogen) atoms. The lowest BCUT2D eigenvalue weighted by atomic mass is 10.1. The molecular formula is C14H19N3OS. The van der Waals surface area contributed by atoms with Crippen LogP contribution in [0.25, 0.3) is 10.2 Å². The van der Waals surface area contributed by atoms with Gasteiger partial charge in [0.1, 0.15) is 12.1 Å². The van der Waals surface area contributed by atoms with Gasteiger partial charge in [0.25, 0.3) is 0 Å². The van der Waals surface area contributed by atoms with Crippen LogP contribution in [0.4, 0.5) is 5.82 Å². The highest BCUT2D eigenvalue weighted by atomic mass is 32.1. The summed E-state index contributed by atoms with van der Waals surface area (Å²) in [5.41, 5.74) is 2.29. The number of nitrogens with one attached hydrogen (secondary N) is 1. The molecule has 1 saturated heterocycles. The van der Waals surface area contributed by atoms with Crippen molar-refractivity contribution < 1.29 is 4.74 Å². The summed E-state index contributed by atoms with van der Waals surface area (Å²) in [4.78, 5) is 8.68. The van der Waals surface area contributed by atoms with E-state index in [-0.39, 0.29) is 0 Å². The van der Waals surface area contributed by atoms with E-state index in [1.54, 1.807) is 17.7 Å². The summed E-state index contributed by atoms with van der Waals surface area (Å²) in [6, 6.07) is 0. The SMILES string of the molecule is Cc1csc2c(NCCC3CCCCO3)ncnc12. The lowest BCUT2D eigenvalue weighted by Gasteiger charge is -2.22. The normalized spacial score (nSPS) is 19.7. The first-order valence-corrected chi connectivity index (χ1v) is 7.77. The van der Waals surface area contributed by atoms with Crippen molar-refractivity contribution in [3.05, 3.63) is 17.3 Å². The molecule has 1 unspecified atom stereocenters. The highest BCUT2D eigenvalue weighted by Gasteiger charge is 2.14. The van der Waals surface area contributed by atoms with Gasteiger partial charge in [-0.15, -0.1) is 11.3 Å². The van der Waals surface area contributed by atoms with E-state index in [0.29, 0.717) is 6.10 Å². The van der Waals surface area contributed by atoms with Crippen LogP contribution < -0.4 is 5.32 Å². The van der Waals surface area contributed by atoms with Crippen LogP contribution in [0.15, 0.2) is 11.7 Å². The summed E-state index contributed by atoms with van der Waals surface area (Å²) in [6.07, 6.45) is 6.82. The highest BCUT2D eigenvalue weighted by molar-refractivity contribution is 7.18. The molecule has 2 aromatic heterocycles.